The van der Waals surface area contributed by atoms with Gasteiger partial charge in [0.05, 0.1) is 31.2 Å². The highest BCUT2D eigenvalue weighted by Crippen LogP contribution is 2.31. The van der Waals surface area contributed by atoms with Gasteiger partial charge in [-0.25, -0.2) is 0 Å². The molecule has 0 saturated carbocycles. The fourth-order valence-electron chi connectivity index (χ4n) is 2.34. The van der Waals surface area contributed by atoms with E-state index in [9.17, 15) is 0 Å². The van der Waals surface area contributed by atoms with Crippen molar-refractivity contribution in [2.24, 2.45) is 0 Å². The lowest BCUT2D eigenvalue weighted by atomic mass is 9.98. The molecule has 0 spiro atoms. The predicted molar refractivity (Wildman–Crippen MR) is 55.1 cm³/mol. The highest BCUT2D eigenvalue weighted by atomic mass is 16.7. The molecule has 15 heavy (non-hydrogen) atoms. The lowest BCUT2D eigenvalue weighted by Crippen LogP contribution is -2.52. The third-order valence-electron chi connectivity index (χ3n) is 3.22. The van der Waals surface area contributed by atoms with Gasteiger partial charge in [-0.2, -0.15) is 5.26 Å². The molecule has 0 aromatic rings. The van der Waals surface area contributed by atoms with Gasteiger partial charge in [-0.3, -0.25) is 0 Å². The first kappa shape index (κ1) is 10.9. The zero-order chi connectivity index (χ0) is 10.7. The normalized spacial score (nSPS) is 41.3. The minimum Gasteiger partial charge on any atom is -0.346 e. The largest absolute Gasteiger partial charge is 0.346 e. The molecular weight excluding hydrogens is 192 g/mol. The molecular formula is C11H18N2O2. The number of ether oxygens (including phenoxy) is 2. The van der Waals surface area contributed by atoms with Gasteiger partial charge in [0.25, 0.3) is 0 Å². The van der Waals surface area contributed by atoms with Gasteiger partial charge in [0.15, 0.2) is 5.79 Å². The maximum absolute atomic E-state index is 8.61. The van der Waals surface area contributed by atoms with Gasteiger partial charge < -0.3 is 14.8 Å². The van der Waals surface area contributed by atoms with Crippen molar-refractivity contribution in [3.8, 4) is 6.07 Å². The van der Waals surface area contributed by atoms with Crippen molar-refractivity contribution in [1.82, 2.24) is 5.32 Å². The predicted octanol–water partition coefficient (Wildman–Crippen LogP) is 1.17. The molecule has 2 aliphatic rings. The Morgan fingerprint density at radius 3 is 3.07 bits per heavy atom. The Bertz CT molecular complexity index is 258. The van der Waals surface area contributed by atoms with Crippen LogP contribution in [0.15, 0.2) is 0 Å². The van der Waals surface area contributed by atoms with Crippen molar-refractivity contribution in [3.05, 3.63) is 0 Å². The second-order valence-electron chi connectivity index (χ2n) is 4.43. The summed E-state index contributed by atoms with van der Waals surface area (Å²) in [5.74, 6) is -0.526. The fourth-order valence-corrected chi connectivity index (χ4v) is 2.34. The number of nitrogens with zero attached hydrogens (tertiary/aromatic N) is 1. The third-order valence-corrected chi connectivity index (χ3v) is 3.22. The van der Waals surface area contributed by atoms with Crippen LogP contribution in [-0.4, -0.2) is 31.1 Å². The molecule has 0 aliphatic carbocycles. The molecule has 3 atom stereocenters. The first-order valence-electron chi connectivity index (χ1n) is 5.67. The van der Waals surface area contributed by atoms with E-state index in [1.54, 1.807) is 0 Å². The standard InChI is InChI=1S/C11H18N2O2/c1-11(10-4-2-3-7-13-10)14-8-9(15-11)5-6-12/h9-10,13H,2-5,7-8H2,1H3. The van der Waals surface area contributed by atoms with Crippen LogP contribution in [-0.2, 0) is 9.47 Å². The van der Waals surface area contributed by atoms with Crippen molar-refractivity contribution >= 4 is 0 Å². The zero-order valence-corrected chi connectivity index (χ0v) is 9.16. The summed E-state index contributed by atoms with van der Waals surface area (Å²) in [5.41, 5.74) is 0. The van der Waals surface area contributed by atoms with Gasteiger partial charge in [-0.15, -0.1) is 0 Å². The molecule has 0 aromatic heterocycles. The van der Waals surface area contributed by atoms with Crippen LogP contribution in [0.1, 0.15) is 32.6 Å². The van der Waals surface area contributed by atoms with Crippen molar-refractivity contribution in [2.75, 3.05) is 13.2 Å². The van der Waals surface area contributed by atoms with E-state index in [-0.39, 0.29) is 12.1 Å². The lowest BCUT2D eigenvalue weighted by molar-refractivity contribution is -0.178. The van der Waals surface area contributed by atoms with E-state index in [1.165, 1.54) is 12.8 Å². The van der Waals surface area contributed by atoms with Gasteiger partial charge in [-0.05, 0) is 26.3 Å². The van der Waals surface area contributed by atoms with Gasteiger partial charge >= 0.3 is 0 Å². The van der Waals surface area contributed by atoms with Crippen LogP contribution in [0.4, 0.5) is 0 Å². The summed E-state index contributed by atoms with van der Waals surface area (Å²) in [5, 5.41) is 12.0. The molecule has 4 heteroatoms. The third kappa shape index (κ3) is 2.31. The second-order valence-corrected chi connectivity index (χ2v) is 4.43. The highest BCUT2D eigenvalue weighted by molar-refractivity contribution is 4.91. The minimum absolute atomic E-state index is 0.0521. The topological polar surface area (TPSA) is 54.3 Å². The molecule has 0 radical (unpaired) electrons. The summed E-state index contributed by atoms with van der Waals surface area (Å²) in [6.45, 7) is 3.56. The first-order chi connectivity index (χ1) is 7.24. The van der Waals surface area contributed by atoms with Gasteiger partial charge in [-0.1, -0.05) is 6.42 Å². The Morgan fingerprint density at radius 1 is 1.53 bits per heavy atom. The summed E-state index contributed by atoms with van der Waals surface area (Å²) in [4.78, 5) is 0. The molecule has 2 rings (SSSR count). The molecule has 84 valence electrons. The summed E-state index contributed by atoms with van der Waals surface area (Å²) in [6.07, 6.45) is 3.92. The summed E-state index contributed by atoms with van der Waals surface area (Å²) >= 11 is 0. The SMILES string of the molecule is CC1(C2CCCCN2)OCC(CC#N)O1. The van der Waals surface area contributed by atoms with E-state index in [0.717, 1.165) is 13.0 Å². The maximum atomic E-state index is 8.61. The minimum atomic E-state index is -0.526. The van der Waals surface area contributed by atoms with E-state index < -0.39 is 5.79 Å². The van der Waals surface area contributed by atoms with Crippen LogP contribution in [0.3, 0.4) is 0 Å². The number of nitrogens with one attached hydrogen (secondary N) is 1. The molecule has 2 fully saturated rings. The van der Waals surface area contributed by atoms with E-state index in [1.807, 2.05) is 6.92 Å². The number of nitriles is 1. The zero-order valence-electron chi connectivity index (χ0n) is 9.16. The Balaban J connectivity index is 1.93. The average molecular weight is 210 g/mol. The van der Waals surface area contributed by atoms with Crippen molar-refractivity contribution in [1.29, 1.82) is 5.26 Å². The Morgan fingerprint density at radius 2 is 2.40 bits per heavy atom. The van der Waals surface area contributed by atoms with Crippen LogP contribution in [0.5, 0.6) is 0 Å². The lowest BCUT2D eigenvalue weighted by Gasteiger charge is -2.35. The second kappa shape index (κ2) is 4.48. The highest BCUT2D eigenvalue weighted by Gasteiger charge is 2.43. The van der Waals surface area contributed by atoms with Crippen LogP contribution < -0.4 is 5.32 Å². The molecule has 2 saturated heterocycles. The van der Waals surface area contributed by atoms with Crippen LogP contribution in [0, 0.1) is 11.3 Å². The summed E-state index contributed by atoms with van der Waals surface area (Å²) in [7, 11) is 0. The average Bonchev–Trinajstić information content (AvgIpc) is 2.64. The molecule has 2 heterocycles. The van der Waals surface area contributed by atoms with Crippen molar-refractivity contribution < 1.29 is 9.47 Å². The van der Waals surface area contributed by atoms with E-state index >= 15 is 0 Å². The van der Waals surface area contributed by atoms with E-state index in [0.29, 0.717) is 13.0 Å². The Hall–Kier alpha value is -0.630. The molecule has 2 aliphatic heterocycles. The van der Waals surface area contributed by atoms with Gasteiger partial charge in [0.2, 0.25) is 0 Å². The number of hydrogen-bond donors (Lipinski definition) is 1. The summed E-state index contributed by atoms with van der Waals surface area (Å²) in [6, 6.07) is 2.40. The molecule has 0 bridgehead atoms. The number of hydrogen-bond acceptors (Lipinski definition) is 4. The number of rotatable bonds is 2. The van der Waals surface area contributed by atoms with Gasteiger partial charge in [0, 0.05) is 0 Å². The maximum Gasteiger partial charge on any atom is 0.181 e. The van der Waals surface area contributed by atoms with Crippen molar-refractivity contribution in [2.45, 2.75) is 50.5 Å². The van der Waals surface area contributed by atoms with Crippen molar-refractivity contribution in [3.63, 3.8) is 0 Å². The van der Waals surface area contributed by atoms with Crippen LogP contribution in [0.2, 0.25) is 0 Å². The Labute approximate surface area is 90.5 Å². The smallest absolute Gasteiger partial charge is 0.181 e. The summed E-state index contributed by atoms with van der Waals surface area (Å²) < 4.78 is 11.5. The molecule has 1 N–H and O–H groups in total. The Kier molecular flexibility index (Phi) is 3.25. The molecule has 0 amide bonds. The van der Waals surface area contributed by atoms with Crippen LogP contribution >= 0.6 is 0 Å². The number of piperidine rings is 1. The molecule has 0 aromatic carbocycles. The van der Waals surface area contributed by atoms with E-state index in [2.05, 4.69) is 11.4 Å². The first-order valence-corrected chi connectivity index (χ1v) is 5.67. The quantitative estimate of drug-likeness (QED) is 0.743. The van der Waals surface area contributed by atoms with Gasteiger partial charge in [0.1, 0.15) is 0 Å². The molecule has 3 unspecified atom stereocenters. The van der Waals surface area contributed by atoms with Crippen LogP contribution in [0.25, 0.3) is 0 Å². The van der Waals surface area contributed by atoms with E-state index in [4.69, 9.17) is 14.7 Å². The molecule has 4 nitrogen and oxygen atoms in total. The fraction of sp³-hybridized carbons (Fsp3) is 0.909. The monoisotopic (exact) mass is 210 g/mol.